The van der Waals surface area contributed by atoms with Crippen LogP contribution in [0, 0.1) is 0 Å². The molecule has 2 aliphatic rings. The van der Waals surface area contributed by atoms with E-state index in [-0.39, 0.29) is 30.3 Å². The molecule has 30 heavy (non-hydrogen) atoms. The Morgan fingerprint density at radius 1 is 1.00 bits per heavy atom. The van der Waals surface area contributed by atoms with Crippen LogP contribution in [-0.4, -0.2) is 53.2 Å². The van der Waals surface area contributed by atoms with Gasteiger partial charge >= 0.3 is 0 Å². The minimum absolute atomic E-state index is 0.0311. The second kappa shape index (κ2) is 9.11. The second-order valence-corrected chi connectivity index (χ2v) is 7.98. The molecule has 2 heterocycles. The van der Waals surface area contributed by atoms with E-state index in [1.807, 2.05) is 30.3 Å². The summed E-state index contributed by atoms with van der Waals surface area (Å²) in [6.45, 7) is 1.85. The van der Waals surface area contributed by atoms with Gasteiger partial charge < -0.3 is 15.1 Å². The molecule has 0 bridgehead atoms. The van der Waals surface area contributed by atoms with Crippen LogP contribution in [-0.2, 0) is 22.6 Å². The van der Waals surface area contributed by atoms with Crippen molar-refractivity contribution in [2.24, 2.45) is 0 Å². The van der Waals surface area contributed by atoms with E-state index in [4.69, 9.17) is 0 Å². The highest BCUT2D eigenvalue weighted by Gasteiger charge is 2.41. The average Bonchev–Trinajstić information content (AvgIpc) is 3.27. The van der Waals surface area contributed by atoms with E-state index < -0.39 is 0 Å². The first-order valence-corrected chi connectivity index (χ1v) is 10.6. The lowest BCUT2D eigenvalue weighted by molar-refractivity contribution is -0.154. The van der Waals surface area contributed by atoms with E-state index >= 15 is 0 Å². The van der Waals surface area contributed by atoms with Crippen molar-refractivity contribution < 1.29 is 14.4 Å². The first-order chi connectivity index (χ1) is 14.6. The van der Waals surface area contributed by atoms with Gasteiger partial charge in [-0.15, -0.1) is 0 Å². The van der Waals surface area contributed by atoms with Gasteiger partial charge in [0.05, 0.1) is 0 Å². The van der Waals surface area contributed by atoms with Crippen molar-refractivity contribution in [1.82, 2.24) is 15.1 Å². The van der Waals surface area contributed by atoms with Gasteiger partial charge in [-0.25, -0.2) is 0 Å². The summed E-state index contributed by atoms with van der Waals surface area (Å²) in [5.41, 5.74) is 2.78. The van der Waals surface area contributed by atoms with Gasteiger partial charge in [-0.3, -0.25) is 14.4 Å². The number of fused-ring (bicyclic) bond motifs is 1. The van der Waals surface area contributed by atoms with Crippen LogP contribution in [0.5, 0.6) is 0 Å². The molecule has 2 aromatic rings. The van der Waals surface area contributed by atoms with Crippen molar-refractivity contribution in [3.63, 3.8) is 0 Å². The van der Waals surface area contributed by atoms with Gasteiger partial charge in [0.15, 0.2) is 0 Å². The maximum atomic E-state index is 12.6. The molecule has 3 amide bonds. The van der Waals surface area contributed by atoms with E-state index in [1.54, 1.807) is 21.9 Å². The van der Waals surface area contributed by atoms with Crippen LogP contribution in [0.15, 0.2) is 54.6 Å². The third-order valence-corrected chi connectivity index (χ3v) is 5.86. The Labute approximate surface area is 176 Å². The Bertz CT molecular complexity index is 911. The zero-order valence-corrected chi connectivity index (χ0v) is 17.0. The average molecular weight is 405 g/mol. The van der Waals surface area contributed by atoms with Gasteiger partial charge in [0.2, 0.25) is 11.8 Å². The van der Waals surface area contributed by atoms with E-state index in [2.05, 4.69) is 17.4 Å². The van der Waals surface area contributed by atoms with Crippen LogP contribution in [0.2, 0.25) is 0 Å². The monoisotopic (exact) mass is 405 g/mol. The fraction of sp³-hybridized carbons (Fsp3) is 0.375. The minimum atomic E-state index is -0.285. The van der Waals surface area contributed by atoms with Crippen molar-refractivity contribution in [2.75, 3.05) is 19.6 Å². The highest BCUT2D eigenvalue weighted by molar-refractivity contribution is 5.95. The number of nitrogens with zero attached hydrogens (tertiary/aromatic N) is 2. The maximum absolute atomic E-state index is 12.6. The number of benzene rings is 2. The molecule has 4 rings (SSSR count). The molecule has 0 unspecified atom stereocenters. The summed E-state index contributed by atoms with van der Waals surface area (Å²) in [6, 6.07) is 17.2. The number of amides is 3. The SMILES string of the molecule is O=C(NCCCc1ccccc1)c1ccc(CN2CC(=O)N3CCC[C@H]3C2=O)cc1. The number of hydrogen-bond donors (Lipinski definition) is 1. The molecule has 156 valence electrons. The van der Waals surface area contributed by atoms with Crippen LogP contribution in [0.3, 0.4) is 0 Å². The van der Waals surface area contributed by atoms with Gasteiger partial charge in [-0.2, -0.15) is 0 Å². The molecule has 2 aromatic carbocycles. The molecular formula is C24H27N3O3. The summed E-state index contributed by atoms with van der Waals surface area (Å²) in [5, 5.41) is 2.95. The maximum Gasteiger partial charge on any atom is 0.251 e. The molecule has 0 aromatic heterocycles. The zero-order valence-electron chi connectivity index (χ0n) is 17.0. The Balaban J connectivity index is 1.27. The standard InChI is InChI=1S/C24H27N3O3/c28-22-17-26(24(30)21-9-5-15-27(21)22)16-19-10-12-20(13-11-19)23(29)25-14-4-8-18-6-2-1-3-7-18/h1-3,6-7,10-13,21H,4-5,8-9,14-17H2,(H,25,29)/t21-/m0/s1. The molecule has 6 heteroatoms. The molecule has 2 saturated heterocycles. The summed E-state index contributed by atoms with van der Waals surface area (Å²) in [7, 11) is 0. The zero-order chi connectivity index (χ0) is 20.9. The van der Waals surface area contributed by atoms with Crippen molar-refractivity contribution in [1.29, 1.82) is 0 Å². The first kappa shape index (κ1) is 20.1. The highest BCUT2D eigenvalue weighted by Crippen LogP contribution is 2.24. The lowest BCUT2D eigenvalue weighted by Gasteiger charge is -2.36. The summed E-state index contributed by atoms with van der Waals surface area (Å²) in [6.07, 6.45) is 3.47. The fourth-order valence-electron chi connectivity index (χ4n) is 4.22. The molecule has 0 aliphatic carbocycles. The number of rotatable bonds is 7. The Morgan fingerprint density at radius 3 is 2.53 bits per heavy atom. The van der Waals surface area contributed by atoms with Crippen molar-refractivity contribution >= 4 is 17.7 Å². The third kappa shape index (κ3) is 4.53. The number of piperazine rings is 1. The van der Waals surface area contributed by atoms with Crippen LogP contribution in [0.25, 0.3) is 0 Å². The minimum Gasteiger partial charge on any atom is -0.352 e. The van der Waals surface area contributed by atoms with E-state index in [0.717, 1.165) is 31.2 Å². The van der Waals surface area contributed by atoms with Crippen molar-refractivity contribution in [3.8, 4) is 0 Å². The number of carbonyl (C=O) groups is 3. The van der Waals surface area contributed by atoms with Gasteiger partial charge in [-0.05, 0) is 48.9 Å². The molecule has 1 N–H and O–H groups in total. The number of hydrogen-bond acceptors (Lipinski definition) is 3. The quantitative estimate of drug-likeness (QED) is 0.719. The topological polar surface area (TPSA) is 69.7 Å². The molecule has 2 fully saturated rings. The van der Waals surface area contributed by atoms with Gasteiger partial charge in [-0.1, -0.05) is 42.5 Å². The van der Waals surface area contributed by atoms with E-state index in [1.165, 1.54) is 5.56 Å². The Kier molecular flexibility index (Phi) is 6.12. The lowest BCUT2D eigenvalue weighted by atomic mass is 10.1. The highest BCUT2D eigenvalue weighted by atomic mass is 16.2. The Hall–Kier alpha value is -3.15. The number of aryl methyl sites for hydroxylation is 1. The smallest absolute Gasteiger partial charge is 0.251 e. The number of carbonyl (C=O) groups excluding carboxylic acids is 3. The largest absolute Gasteiger partial charge is 0.352 e. The van der Waals surface area contributed by atoms with Crippen LogP contribution < -0.4 is 5.32 Å². The summed E-state index contributed by atoms with van der Waals surface area (Å²) in [4.78, 5) is 40.6. The lowest BCUT2D eigenvalue weighted by Crippen LogP contribution is -2.56. The molecular weight excluding hydrogens is 378 g/mol. The fourth-order valence-corrected chi connectivity index (χ4v) is 4.22. The molecule has 0 radical (unpaired) electrons. The number of nitrogens with one attached hydrogen (secondary N) is 1. The summed E-state index contributed by atoms with van der Waals surface area (Å²) < 4.78 is 0. The predicted molar refractivity (Wildman–Crippen MR) is 114 cm³/mol. The van der Waals surface area contributed by atoms with Gasteiger partial charge in [0, 0.05) is 25.2 Å². The third-order valence-electron chi connectivity index (χ3n) is 5.86. The van der Waals surface area contributed by atoms with Gasteiger partial charge in [0.25, 0.3) is 5.91 Å². The van der Waals surface area contributed by atoms with Crippen LogP contribution >= 0.6 is 0 Å². The normalized spacial score (nSPS) is 18.5. The first-order valence-electron chi connectivity index (χ1n) is 10.6. The van der Waals surface area contributed by atoms with Gasteiger partial charge in [0.1, 0.15) is 12.6 Å². The Morgan fingerprint density at radius 2 is 1.77 bits per heavy atom. The van der Waals surface area contributed by atoms with Crippen LogP contribution in [0.1, 0.15) is 40.7 Å². The molecule has 6 nitrogen and oxygen atoms in total. The predicted octanol–water partition coefficient (Wildman–Crippen LogP) is 2.38. The second-order valence-electron chi connectivity index (χ2n) is 7.98. The molecule has 2 aliphatic heterocycles. The van der Waals surface area contributed by atoms with Crippen molar-refractivity contribution in [3.05, 3.63) is 71.3 Å². The van der Waals surface area contributed by atoms with E-state index in [9.17, 15) is 14.4 Å². The van der Waals surface area contributed by atoms with E-state index in [0.29, 0.717) is 25.2 Å². The summed E-state index contributed by atoms with van der Waals surface area (Å²) >= 11 is 0. The molecule has 1 atom stereocenters. The summed E-state index contributed by atoms with van der Waals surface area (Å²) in [5.74, 6) is -0.0311. The molecule has 0 saturated carbocycles. The van der Waals surface area contributed by atoms with Crippen molar-refractivity contribution in [2.45, 2.75) is 38.3 Å². The van der Waals surface area contributed by atoms with Crippen LogP contribution in [0.4, 0.5) is 0 Å². The molecule has 0 spiro atoms.